The van der Waals surface area contributed by atoms with Gasteiger partial charge in [0, 0.05) is 35.2 Å². The van der Waals surface area contributed by atoms with Gasteiger partial charge in [0.15, 0.2) is 6.04 Å². The third-order valence-electron chi connectivity index (χ3n) is 5.05. The van der Waals surface area contributed by atoms with E-state index < -0.39 is 37.0 Å². The van der Waals surface area contributed by atoms with Gasteiger partial charge in [-0.2, -0.15) is 28.8 Å². The Kier molecular flexibility index (Phi) is 9.37. The van der Waals surface area contributed by atoms with Crippen LogP contribution in [0.4, 0.5) is 17.1 Å². The van der Waals surface area contributed by atoms with Crippen molar-refractivity contribution in [3.05, 3.63) is 76.8 Å². The molecule has 0 bridgehead atoms. The van der Waals surface area contributed by atoms with Crippen LogP contribution < -0.4 is 9.73 Å². The number of benzene rings is 3. The van der Waals surface area contributed by atoms with Gasteiger partial charge in [0.1, 0.15) is 4.90 Å². The molecule has 1 unspecified atom stereocenters. The van der Waals surface area contributed by atoms with Gasteiger partial charge in [-0.05, 0) is 49.4 Å². The van der Waals surface area contributed by atoms with E-state index in [9.17, 15) is 26.2 Å². The first kappa shape index (κ1) is 30.2. The molecule has 193 valence electrons. The molecule has 1 aliphatic heterocycles. The molecule has 1 heterocycles. The first-order valence-corrected chi connectivity index (χ1v) is 14.0. The molecule has 0 aliphatic carbocycles. The van der Waals surface area contributed by atoms with E-state index in [2.05, 4.69) is 20.1 Å². The van der Waals surface area contributed by atoms with E-state index in [1.807, 2.05) is 0 Å². The summed E-state index contributed by atoms with van der Waals surface area (Å²) in [5, 5.41) is 12.5. The van der Waals surface area contributed by atoms with Gasteiger partial charge in [-0.3, -0.25) is 14.1 Å². The topological polar surface area (TPSA) is 158 Å². The Balaban J connectivity index is 0.00000400. The summed E-state index contributed by atoms with van der Waals surface area (Å²) in [4.78, 5) is 12.3. The number of rotatable bonds is 7. The molecule has 0 saturated carbocycles. The van der Waals surface area contributed by atoms with Gasteiger partial charge in [-0.1, -0.05) is 47.5 Å². The van der Waals surface area contributed by atoms with Crippen LogP contribution in [0.15, 0.2) is 91.9 Å². The smallest absolute Gasteiger partial charge is 0.282 e. The van der Waals surface area contributed by atoms with Crippen molar-refractivity contribution in [3.63, 3.8) is 0 Å². The molecule has 4 rings (SSSR count). The number of hydrogen-bond donors (Lipinski definition) is 2. The second-order valence-corrected chi connectivity index (χ2v) is 11.6. The molecule has 0 aromatic heterocycles. The fraction of sp³-hybridized carbons (Fsp3) is 0.0909. The van der Waals surface area contributed by atoms with E-state index in [0.29, 0.717) is 5.69 Å². The number of azo groups is 1. The zero-order valence-electron chi connectivity index (χ0n) is 19.8. The van der Waals surface area contributed by atoms with Crippen molar-refractivity contribution in [1.29, 1.82) is 0 Å². The number of nitrogens with zero attached hydrogens (tertiary/aromatic N) is 4. The zero-order chi connectivity index (χ0) is 27.0. The summed E-state index contributed by atoms with van der Waals surface area (Å²) in [6.07, 6.45) is 0. The summed E-state index contributed by atoms with van der Waals surface area (Å²) >= 11 is 12.1. The SMILES string of the molecule is CC1=NN(c2cc(Cl)c(S(=O)(=O)O)cc2Cl)C(=O)C1N=Nc1cccc(S(=O)(=O)Nc2ccccc2)c1.[Na]. The minimum absolute atomic E-state index is 0. The molecule has 1 atom stereocenters. The third kappa shape index (κ3) is 6.61. The van der Waals surface area contributed by atoms with Crippen molar-refractivity contribution in [1.82, 2.24) is 0 Å². The Morgan fingerprint density at radius 2 is 1.66 bits per heavy atom. The number of nitrogens with one attached hydrogen (secondary N) is 1. The van der Waals surface area contributed by atoms with Crippen LogP contribution in [-0.4, -0.2) is 68.6 Å². The average molecular weight is 605 g/mol. The van der Waals surface area contributed by atoms with E-state index in [1.165, 1.54) is 31.2 Å². The summed E-state index contributed by atoms with van der Waals surface area (Å²) in [5.74, 6) is -0.659. The van der Waals surface area contributed by atoms with Crippen LogP contribution in [0, 0.1) is 0 Å². The molecule has 16 heteroatoms. The van der Waals surface area contributed by atoms with Crippen molar-refractivity contribution >= 4 is 102 Å². The number of carbonyl (C=O) groups is 1. The largest absolute Gasteiger partial charge is 0.296 e. The van der Waals surface area contributed by atoms with Crippen LogP contribution in [0.3, 0.4) is 0 Å². The van der Waals surface area contributed by atoms with Crippen molar-refractivity contribution in [2.45, 2.75) is 22.8 Å². The average Bonchev–Trinajstić information content (AvgIpc) is 3.11. The molecule has 0 spiro atoms. The summed E-state index contributed by atoms with van der Waals surface area (Å²) in [6.45, 7) is 1.52. The molecule has 1 aliphatic rings. The van der Waals surface area contributed by atoms with Gasteiger partial charge in [0.25, 0.3) is 26.0 Å². The van der Waals surface area contributed by atoms with Gasteiger partial charge in [0.05, 0.1) is 32.0 Å². The van der Waals surface area contributed by atoms with E-state index in [-0.39, 0.29) is 61.6 Å². The van der Waals surface area contributed by atoms with Crippen molar-refractivity contribution in [2.24, 2.45) is 15.3 Å². The van der Waals surface area contributed by atoms with Gasteiger partial charge >= 0.3 is 0 Å². The van der Waals surface area contributed by atoms with Crippen LogP contribution in [0.25, 0.3) is 0 Å². The van der Waals surface area contributed by atoms with Gasteiger partial charge in [-0.25, -0.2) is 8.42 Å². The first-order chi connectivity index (χ1) is 17.4. The molecule has 2 N–H and O–H groups in total. The Bertz CT molecular complexity index is 1670. The maximum Gasteiger partial charge on any atom is 0.296 e. The Hall–Kier alpha value is -2.36. The number of hydrogen-bond acceptors (Lipinski definition) is 8. The monoisotopic (exact) mass is 604 g/mol. The molecule has 3 aromatic carbocycles. The number of hydrazone groups is 1. The second kappa shape index (κ2) is 11.8. The maximum absolute atomic E-state index is 13.0. The number of para-hydroxylation sites is 1. The number of amides is 1. The molecule has 38 heavy (non-hydrogen) atoms. The van der Waals surface area contributed by atoms with E-state index in [0.717, 1.165) is 17.1 Å². The summed E-state index contributed by atoms with van der Waals surface area (Å²) < 4.78 is 60.1. The number of anilines is 2. The van der Waals surface area contributed by atoms with Crippen LogP contribution >= 0.6 is 23.2 Å². The fourth-order valence-electron chi connectivity index (χ4n) is 3.30. The van der Waals surface area contributed by atoms with Gasteiger partial charge in [-0.15, -0.1) is 0 Å². The fourth-order valence-corrected chi connectivity index (χ4v) is 5.73. The quantitative estimate of drug-likeness (QED) is 0.229. The standard InChI is InChI=1S/C22H17Cl2N5O6S2.Na/c1-13-21(22(30)29(27-13)19-11-18(24)20(12-17(19)23)37(33,34)35)26-25-15-8-5-9-16(10-15)36(31,32)28-14-6-3-2-4-7-14;/h2-12,21,28H,1H3,(H,33,34,35);. The van der Waals surface area contributed by atoms with Crippen molar-refractivity contribution in [3.8, 4) is 0 Å². The molecule has 1 amide bonds. The second-order valence-electron chi connectivity index (χ2n) is 7.69. The minimum Gasteiger partial charge on any atom is -0.282 e. The number of sulfonamides is 1. The molecule has 1 radical (unpaired) electrons. The Morgan fingerprint density at radius 3 is 2.32 bits per heavy atom. The van der Waals surface area contributed by atoms with Crippen LogP contribution in [0.5, 0.6) is 0 Å². The predicted octanol–water partition coefficient (Wildman–Crippen LogP) is 4.54. The number of carbonyl (C=O) groups excluding carboxylic acids is 1. The molecule has 11 nitrogen and oxygen atoms in total. The first-order valence-electron chi connectivity index (χ1n) is 10.3. The van der Waals surface area contributed by atoms with Crippen molar-refractivity contribution in [2.75, 3.05) is 9.73 Å². The summed E-state index contributed by atoms with van der Waals surface area (Å²) in [5.41, 5.74) is 0.783. The molecule has 3 aromatic rings. The van der Waals surface area contributed by atoms with E-state index in [1.54, 1.807) is 30.3 Å². The van der Waals surface area contributed by atoms with Gasteiger partial charge in [0.2, 0.25) is 0 Å². The molecular formula is C22H17Cl2N5NaO6S2. The van der Waals surface area contributed by atoms with E-state index >= 15 is 0 Å². The molecule has 0 saturated heterocycles. The van der Waals surface area contributed by atoms with E-state index in [4.69, 9.17) is 23.2 Å². The zero-order valence-corrected chi connectivity index (χ0v) is 24.9. The van der Waals surface area contributed by atoms with Crippen molar-refractivity contribution < 1.29 is 26.2 Å². The van der Waals surface area contributed by atoms with Crippen LogP contribution in [0.1, 0.15) is 6.92 Å². The normalized spacial score (nSPS) is 15.9. The Morgan fingerprint density at radius 1 is 0.974 bits per heavy atom. The Labute approximate surface area is 250 Å². The summed E-state index contributed by atoms with van der Waals surface area (Å²) in [6, 6.07) is 14.9. The van der Waals surface area contributed by atoms with Crippen LogP contribution in [0.2, 0.25) is 10.0 Å². The minimum atomic E-state index is -4.64. The maximum atomic E-state index is 13.0. The number of halogens is 2. The third-order valence-corrected chi connectivity index (χ3v) is 8.05. The predicted molar refractivity (Wildman–Crippen MR) is 145 cm³/mol. The van der Waals surface area contributed by atoms with Crippen LogP contribution in [-0.2, 0) is 24.9 Å². The van der Waals surface area contributed by atoms with Gasteiger partial charge < -0.3 is 0 Å². The molecule has 0 fully saturated rings. The summed E-state index contributed by atoms with van der Waals surface area (Å²) in [7, 11) is -8.54. The molecular weight excluding hydrogens is 588 g/mol.